The molecule has 0 aromatic rings. The van der Waals surface area contributed by atoms with Gasteiger partial charge in [0.2, 0.25) is 0 Å². The molecule has 0 aromatic heterocycles. The Morgan fingerprint density at radius 2 is 1.67 bits per heavy atom. The molecule has 154 valence electrons. The summed E-state index contributed by atoms with van der Waals surface area (Å²) in [5, 5.41) is 11.4. The van der Waals surface area contributed by atoms with E-state index in [1.165, 1.54) is 13.8 Å². The van der Waals surface area contributed by atoms with E-state index in [1.54, 1.807) is 20.8 Å². The van der Waals surface area contributed by atoms with Crippen molar-refractivity contribution in [3.05, 3.63) is 0 Å². The molecule has 0 aliphatic heterocycles. The Morgan fingerprint density at radius 1 is 1.11 bits per heavy atom. The van der Waals surface area contributed by atoms with Gasteiger partial charge in [0.15, 0.2) is 5.78 Å². The van der Waals surface area contributed by atoms with Crippen LogP contribution in [0.2, 0.25) is 0 Å². The Morgan fingerprint density at radius 3 is 2.04 bits per heavy atom. The summed E-state index contributed by atoms with van der Waals surface area (Å²) < 4.78 is 5.42. The normalized spacial score (nSPS) is 34.2. The van der Waals surface area contributed by atoms with Gasteiger partial charge in [-0.3, -0.25) is 14.4 Å². The first-order valence-electron chi connectivity index (χ1n) is 10.0. The molecule has 2 bridgehead atoms. The van der Waals surface area contributed by atoms with E-state index >= 15 is 0 Å². The van der Waals surface area contributed by atoms with Gasteiger partial charge in [-0.2, -0.15) is 0 Å². The number of esters is 1. The van der Waals surface area contributed by atoms with Gasteiger partial charge in [0.1, 0.15) is 22.4 Å². The second kappa shape index (κ2) is 6.40. The van der Waals surface area contributed by atoms with Crippen LogP contribution in [0.3, 0.4) is 0 Å². The highest BCUT2D eigenvalue weighted by Crippen LogP contribution is 2.70. The molecule has 2 saturated carbocycles. The molecule has 2 rings (SSSR count). The smallest absolute Gasteiger partial charge is 0.319 e. The standard InChI is InChI=1S/C22H36O5/c1-14(23)20(7,17(25)27-18(2,3)4)11-10-16(24)22(26)13-15-9-12-21(22,8)19(15,5)6/h15,26H,9-13H2,1-8H3/t15-,20+,21-,22+/m1/s1. The lowest BCUT2D eigenvalue weighted by molar-refractivity contribution is -0.170. The minimum absolute atomic E-state index is 0.00971. The summed E-state index contributed by atoms with van der Waals surface area (Å²) >= 11 is 0. The van der Waals surface area contributed by atoms with Gasteiger partial charge in [0, 0.05) is 11.8 Å². The lowest BCUT2D eigenvalue weighted by Crippen LogP contribution is -2.53. The van der Waals surface area contributed by atoms with Gasteiger partial charge >= 0.3 is 5.97 Å². The van der Waals surface area contributed by atoms with Gasteiger partial charge < -0.3 is 9.84 Å². The van der Waals surface area contributed by atoms with Gasteiger partial charge in [0.25, 0.3) is 0 Å². The van der Waals surface area contributed by atoms with Crippen LogP contribution >= 0.6 is 0 Å². The molecule has 0 amide bonds. The number of ether oxygens (including phenoxy) is 1. The third kappa shape index (κ3) is 3.26. The molecule has 2 fully saturated rings. The van der Waals surface area contributed by atoms with Gasteiger partial charge in [-0.25, -0.2) is 0 Å². The summed E-state index contributed by atoms with van der Waals surface area (Å²) in [6, 6.07) is 0. The lowest BCUT2D eigenvalue weighted by Gasteiger charge is -2.44. The third-order valence-corrected chi connectivity index (χ3v) is 7.83. The molecule has 1 N–H and O–H groups in total. The maximum atomic E-state index is 13.1. The summed E-state index contributed by atoms with van der Waals surface area (Å²) in [7, 11) is 0. The van der Waals surface area contributed by atoms with Crippen LogP contribution in [0.1, 0.15) is 87.5 Å². The predicted molar refractivity (Wildman–Crippen MR) is 103 cm³/mol. The van der Waals surface area contributed by atoms with Gasteiger partial charge in [-0.05, 0) is 71.6 Å². The average molecular weight is 381 g/mol. The molecule has 2 aliphatic carbocycles. The highest BCUT2D eigenvalue weighted by atomic mass is 16.6. The Bertz CT molecular complexity index is 658. The number of Topliss-reactive ketones (excluding diaryl/α,β-unsaturated/α-hetero) is 2. The molecule has 2 aliphatic rings. The molecule has 0 unspecified atom stereocenters. The fourth-order valence-corrected chi connectivity index (χ4v) is 5.08. The van der Waals surface area contributed by atoms with Crippen LogP contribution in [0.4, 0.5) is 0 Å². The van der Waals surface area contributed by atoms with Gasteiger partial charge in [-0.1, -0.05) is 20.8 Å². The van der Waals surface area contributed by atoms with Crippen molar-refractivity contribution in [2.75, 3.05) is 0 Å². The second-order valence-corrected chi connectivity index (χ2v) is 10.7. The number of hydrogen-bond acceptors (Lipinski definition) is 5. The van der Waals surface area contributed by atoms with Crippen LogP contribution in [0.15, 0.2) is 0 Å². The molecule has 0 spiro atoms. The quantitative estimate of drug-likeness (QED) is 0.559. The van der Waals surface area contributed by atoms with E-state index in [9.17, 15) is 19.5 Å². The first kappa shape index (κ1) is 22.1. The van der Waals surface area contributed by atoms with E-state index in [4.69, 9.17) is 4.74 Å². The summed E-state index contributed by atoms with van der Waals surface area (Å²) in [5.74, 6) is -0.865. The summed E-state index contributed by atoms with van der Waals surface area (Å²) in [5.41, 5.74) is -4.05. The van der Waals surface area contributed by atoms with E-state index in [-0.39, 0.29) is 29.8 Å². The summed E-state index contributed by atoms with van der Waals surface area (Å²) in [6.45, 7) is 14.4. The van der Waals surface area contributed by atoms with Gasteiger partial charge in [-0.15, -0.1) is 0 Å². The van der Waals surface area contributed by atoms with Gasteiger partial charge in [0.05, 0.1) is 0 Å². The van der Waals surface area contributed by atoms with Crippen LogP contribution in [-0.2, 0) is 19.1 Å². The number of rotatable bonds is 6. The van der Waals surface area contributed by atoms with Crippen LogP contribution in [0.25, 0.3) is 0 Å². The van der Waals surface area contributed by atoms with Crippen molar-refractivity contribution in [2.24, 2.45) is 22.2 Å². The zero-order chi connectivity index (χ0) is 21.1. The van der Waals surface area contributed by atoms with Crippen LogP contribution in [-0.4, -0.2) is 33.8 Å². The Balaban J connectivity index is 2.18. The summed E-state index contributed by atoms with van der Waals surface area (Å²) in [6.07, 6.45) is 2.37. The number of carbonyl (C=O) groups is 3. The summed E-state index contributed by atoms with van der Waals surface area (Å²) in [4.78, 5) is 38.0. The predicted octanol–water partition coefficient (Wildman–Crippen LogP) is 3.85. The molecule has 4 atom stereocenters. The Kier molecular flexibility index (Phi) is 5.23. The van der Waals surface area contributed by atoms with Crippen molar-refractivity contribution in [3.63, 3.8) is 0 Å². The van der Waals surface area contributed by atoms with E-state index in [0.717, 1.165) is 12.8 Å². The molecule has 0 aromatic carbocycles. The lowest BCUT2D eigenvalue weighted by atomic mass is 9.62. The number of aliphatic hydroxyl groups is 1. The van der Waals surface area contributed by atoms with Crippen molar-refractivity contribution < 1.29 is 24.2 Å². The second-order valence-electron chi connectivity index (χ2n) is 10.7. The van der Waals surface area contributed by atoms with Crippen molar-refractivity contribution in [2.45, 2.75) is 98.7 Å². The van der Waals surface area contributed by atoms with Crippen LogP contribution < -0.4 is 0 Å². The van der Waals surface area contributed by atoms with Crippen molar-refractivity contribution in [1.82, 2.24) is 0 Å². The minimum atomic E-state index is -1.38. The average Bonchev–Trinajstić information content (AvgIpc) is 2.82. The maximum Gasteiger partial charge on any atom is 0.319 e. The van der Waals surface area contributed by atoms with E-state index in [0.29, 0.717) is 12.3 Å². The van der Waals surface area contributed by atoms with Crippen molar-refractivity contribution in [3.8, 4) is 0 Å². The largest absolute Gasteiger partial charge is 0.459 e. The molecular weight excluding hydrogens is 344 g/mol. The number of fused-ring (bicyclic) bond motifs is 2. The molecule has 0 saturated heterocycles. The monoisotopic (exact) mass is 380 g/mol. The molecular formula is C22H36O5. The molecule has 0 heterocycles. The highest BCUT2D eigenvalue weighted by molar-refractivity contribution is 6.03. The maximum absolute atomic E-state index is 13.1. The Hall–Kier alpha value is -1.23. The van der Waals surface area contributed by atoms with E-state index in [2.05, 4.69) is 13.8 Å². The topological polar surface area (TPSA) is 80.7 Å². The SMILES string of the molecule is CC(=O)[C@](C)(CCC(=O)[C@@]1(O)C[C@H]2CC[C@]1(C)C2(C)C)C(=O)OC(C)(C)C. The third-order valence-electron chi connectivity index (χ3n) is 7.83. The number of hydrogen-bond donors (Lipinski definition) is 1. The fraction of sp³-hybridized carbons (Fsp3) is 0.864. The Labute approximate surface area is 163 Å². The molecule has 27 heavy (non-hydrogen) atoms. The minimum Gasteiger partial charge on any atom is -0.459 e. The highest BCUT2D eigenvalue weighted by Gasteiger charge is 2.70. The van der Waals surface area contributed by atoms with Crippen molar-refractivity contribution in [1.29, 1.82) is 0 Å². The zero-order valence-electron chi connectivity index (χ0n) is 18.2. The van der Waals surface area contributed by atoms with Crippen LogP contribution in [0.5, 0.6) is 0 Å². The van der Waals surface area contributed by atoms with E-state index < -0.39 is 28.0 Å². The zero-order valence-corrected chi connectivity index (χ0v) is 18.2. The van der Waals surface area contributed by atoms with E-state index in [1.807, 2.05) is 6.92 Å². The molecule has 5 nitrogen and oxygen atoms in total. The number of ketones is 2. The fourth-order valence-electron chi connectivity index (χ4n) is 5.08. The first-order valence-corrected chi connectivity index (χ1v) is 10.0. The first-order chi connectivity index (χ1) is 12.0. The number of carbonyl (C=O) groups excluding carboxylic acids is 3. The van der Waals surface area contributed by atoms with Crippen LogP contribution in [0, 0.1) is 22.2 Å². The van der Waals surface area contributed by atoms with Crippen molar-refractivity contribution >= 4 is 17.5 Å². The molecule has 0 radical (unpaired) electrons. The molecule has 5 heteroatoms.